The lowest BCUT2D eigenvalue weighted by molar-refractivity contribution is 0.769. The fourth-order valence-electron chi connectivity index (χ4n) is 12.8. The van der Waals surface area contributed by atoms with E-state index in [1.807, 2.05) is 0 Å². The Kier molecular flexibility index (Phi) is 8.35. The number of para-hydroxylation sites is 1. The minimum absolute atomic E-state index is 0.494. The van der Waals surface area contributed by atoms with E-state index >= 15 is 0 Å². The fourth-order valence-corrected chi connectivity index (χ4v) is 12.8. The summed E-state index contributed by atoms with van der Waals surface area (Å²) in [4.78, 5) is 0. The zero-order chi connectivity index (χ0) is 45.9. The van der Waals surface area contributed by atoms with Crippen LogP contribution in [0.4, 0.5) is 0 Å². The average Bonchev–Trinajstić information content (AvgIpc) is 3.91. The first kappa shape index (κ1) is 39.0. The van der Waals surface area contributed by atoms with Crippen LogP contribution < -0.4 is 0 Å². The van der Waals surface area contributed by atoms with Gasteiger partial charge in [0.25, 0.3) is 0 Å². The van der Waals surface area contributed by atoms with Crippen molar-refractivity contribution < 1.29 is 0 Å². The number of hydrogen-bond donors (Lipinski definition) is 0. The second kappa shape index (κ2) is 15.0. The number of hydrogen-bond acceptors (Lipinski definition) is 0. The van der Waals surface area contributed by atoms with Crippen molar-refractivity contribution >= 4 is 43.4 Å². The van der Waals surface area contributed by atoms with E-state index in [1.165, 1.54) is 138 Å². The largest absolute Gasteiger partial charge is 0.308 e. The molecule has 0 saturated carbocycles. The van der Waals surface area contributed by atoms with Crippen molar-refractivity contribution in [3.05, 3.63) is 283 Å². The van der Waals surface area contributed by atoms with Crippen LogP contribution in [0.1, 0.15) is 22.3 Å². The third kappa shape index (κ3) is 5.32. The molecule has 13 aromatic rings. The molecule has 0 unspecified atom stereocenters. The van der Waals surface area contributed by atoms with Gasteiger partial charge in [0.2, 0.25) is 0 Å². The van der Waals surface area contributed by atoms with Crippen molar-refractivity contribution in [2.45, 2.75) is 5.41 Å². The molecule has 1 heteroatoms. The summed E-state index contributed by atoms with van der Waals surface area (Å²) in [5.74, 6) is 0. The maximum Gasteiger partial charge on any atom is 0.0713 e. The van der Waals surface area contributed by atoms with Gasteiger partial charge in [0.05, 0.1) is 22.1 Å². The van der Waals surface area contributed by atoms with Crippen molar-refractivity contribution in [2.24, 2.45) is 0 Å². The highest BCUT2D eigenvalue weighted by Crippen LogP contribution is 2.58. The summed E-state index contributed by atoms with van der Waals surface area (Å²) in [6.07, 6.45) is 0. The first-order valence-corrected chi connectivity index (χ1v) is 24.4. The second-order valence-electron chi connectivity index (χ2n) is 19.0. The summed E-state index contributed by atoms with van der Waals surface area (Å²) in [6.45, 7) is 0. The number of rotatable bonds is 4. The van der Waals surface area contributed by atoms with E-state index in [0.29, 0.717) is 0 Å². The summed E-state index contributed by atoms with van der Waals surface area (Å²) in [5.41, 5.74) is 23.3. The quantitative estimate of drug-likeness (QED) is 0.155. The van der Waals surface area contributed by atoms with Gasteiger partial charge in [0, 0.05) is 21.5 Å². The molecular formula is C69H43N. The highest BCUT2D eigenvalue weighted by Gasteiger charge is 2.46. The van der Waals surface area contributed by atoms with Crippen LogP contribution >= 0.6 is 0 Å². The Morgan fingerprint density at radius 1 is 0.243 bits per heavy atom. The highest BCUT2D eigenvalue weighted by atomic mass is 15.0. The molecule has 15 rings (SSSR count). The van der Waals surface area contributed by atoms with Crippen LogP contribution in [0.3, 0.4) is 0 Å². The van der Waals surface area contributed by atoms with Crippen LogP contribution in [-0.2, 0) is 5.41 Å². The molecule has 0 radical (unpaired) electrons. The van der Waals surface area contributed by atoms with Crippen LogP contribution in [0.15, 0.2) is 261 Å². The van der Waals surface area contributed by atoms with E-state index in [1.54, 1.807) is 0 Å². The molecule has 324 valence electrons. The average molecular weight is 886 g/mol. The molecule has 2 aliphatic rings. The lowest BCUT2D eigenvalue weighted by atomic mass is 9.67. The van der Waals surface area contributed by atoms with Crippen LogP contribution in [0.5, 0.6) is 0 Å². The normalized spacial score (nSPS) is 13.0. The lowest BCUT2D eigenvalue weighted by Crippen LogP contribution is -2.28. The molecule has 0 saturated heterocycles. The van der Waals surface area contributed by atoms with Gasteiger partial charge >= 0.3 is 0 Å². The van der Waals surface area contributed by atoms with Gasteiger partial charge in [0.1, 0.15) is 0 Å². The number of benzene rings is 12. The Morgan fingerprint density at radius 3 is 1.23 bits per heavy atom. The number of aromatic nitrogens is 1. The summed E-state index contributed by atoms with van der Waals surface area (Å²) >= 11 is 0. The van der Waals surface area contributed by atoms with E-state index in [-0.39, 0.29) is 0 Å². The zero-order valence-corrected chi connectivity index (χ0v) is 38.3. The topological polar surface area (TPSA) is 4.93 Å². The maximum atomic E-state index is 2.58. The van der Waals surface area contributed by atoms with Crippen LogP contribution in [0.2, 0.25) is 0 Å². The molecule has 0 N–H and O–H groups in total. The summed E-state index contributed by atoms with van der Waals surface area (Å²) < 4.78 is 2.58. The van der Waals surface area contributed by atoms with Gasteiger partial charge in [-0.25, -0.2) is 0 Å². The summed E-state index contributed by atoms with van der Waals surface area (Å²) in [6, 6.07) is 97.7. The van der Waals surface area contributed by atoms with Gasteiger partial charge in [-0.1, -0.05) is 237 Å². The monoisotopic (exact) mass is 885 g/mol. The Morgan fingerprint density at radius 2 is 0.671 bits per heavy atom. The molecule has 1 aromatic heterocycles. The Bertz CT molecular complexity index is 4180. The van der Waals surface area contributed by atoms with E-state index in [4.69, 9.17) is 0 Å². The molecule has 12 aromatic carbocycles. The second-order valence-corrected chi connectivity index (χ2v) is 19.0. The molecule has 2 aliphatic carbocycles. The van der Waals surface area contributed by atoms with Gasteiger partial charge in [-0.15, -0.1) is 0 Å². The van der Waals surface area contributed by atoms with Crippen molar-refractivity contribution in [1.82, 2.24) is 4.57 Å². The highest BCUT2D eigenvalue weighted by molar-refractivity contribution is 6.22. The maximum absolute atomic E-state index is 2.58. The van der Waals surface area contributed by atoms with E-state index in [9.17, 15) is 0 Å². The van der Waals surface area contributed by atoms with Gasteiger partial charge in [-0.05, 0) is 124 Å². The SMILES string of the molecule is c1ccc(C2(c3ccccc3)c3ccccc3-c3cc4c(cc32)c2ccccc2n4-c2c3ccccc3c(-c3ccc4c(c3)-c3ccccc3-c3ccccc3-c3ccccc3-4)c3ccccc23)cc1. The smallest absolute Gasteiger partial charge is 0.0713 e. The van der Waals surface area contributed by atoms with Crippen molar-refractivity contribution in [2.75, 3.05) is 0 Å². The molecule has 0 aliphatic heterocycles. The Hall–Kier alpha value is -9.04. The van der Waals surface area contributed by atoms with Crippen LogP contribution in [0.25, 0.3) is 116 Å². The molecule has 70 heavy (non-hydrogen) atoms. The predicted molar refractivity (Wildman–Crippen MR) is 294 cm³/mol. The molecule has 0 bridgehead atoms. The summed E-state index contributed by atoms with van der Waals surface area (Å²) in [7, 11) is 0. The molecule has 1 heterocycles. The van der Waals surface area contributed by atoms with Gasteiger partial charge in [0.15, 0.2) is 0 Å². The Labute approximate surface area is 406 Å². The minimum Gasteiger partial charge on any atom is -0.308 e. The molecular weight excluding hydrogens is 843 g/mol. The van der Waals surface area contributed by atoms with Gasteiger partial charge < -0.3 is 4.57 Å². The third-order valence-electron chi connectivity index (χ3n) is 15.6. The van der Waals surface area contributed by atoms with E-state index in [2.05, 4.69) is 265 Å². The number of fused-ring (bicyclic) bond motifs is 16. The minimum atomic E-state index is -0.494. The molecule has 1 nitrogen and oxygen atoms in total. The standard InChI is InChI=1S/C69H43N/c1-3-21-45(22-4-1)69(46-23-5-2-6-24-46)63-37-19-17-31-54(63)61-43-66-62(42-64(61)69)55-32-18-20-38-65(55)70(66)68-58-35-15-13-33-56(58)67(57-34-14-16-36-59(57)68)44-39-40-53-51-29-10-9-27-49(51)47-25-7-8-26-48(47)50-28-11-12-30-52(50)60(53)41-44/h1-43H. The summed E-state index contributed by atoms with van der Waals surface area (Å²) in [5, 5.41) is 7.38. The molecule has 0 spiro atoms. The fraction of sp³-hybridized carbons (Fsp3) is 0.0145. The Balaban J connectivity index is 1.02. The molecule has 0 fully saturated rings. The number of nitrogens with zero attached hydrogens (tertiary/aromatic N) is 1. The van der Waals surface area contributed by atoms with Crippen LogP contribution in [0, 0.1) is 0 Å². The zero-order valence-electron chi connectivity index (χ0n) is 38.3. The van der Waals surface area contributed by atoms with Gasteiger partial charge in [-0.2, -0.15) is 0 Å². The van der Waals surface area contributed by atoms with E-state index in [0.717, 1.165) is 0 Å². The van der Waals surface area contributed by atoms with Crippen molar-refractivity contribution in [3.63, 3.8) is 0 Å². The molecule has 0 atom stereocenters. The van der Waals surface area contributed by atoms with Crippen molar-refractivity contribution in [1.29, 1.82) is 0 Å². The predicted octanol–water partition coefficient (Wildman–Crippen LogP) is 18.1. The first-order chi connectivity index (χ1) is 34.8. The van der Waals surface area contributed by atoms with Gasteiger partial charge in [-0.3, -0.25) is 0 Å². The van der Waals surface area contributed by atoms with E-state index < -0.39 is 5.41 Å². The lowest BCUT2D eigenvalue weighted by Gasteiger charge is -2.34. The van der Waals surface area contributed by atoms with Crippen molar-refractivity contribution in [3.8, 4) is 72.4 Å². The van der Waals surface area contributed by atoms with Crippen LogP contribution in [-0.4, -0.2) is 4.57 Å². The third-order valence-corrected chi connectivity index (χ3v) is 15.6. The first-order valence-electron chi connectivity index (χ1n) is 24.4. The molecule has 0 amide bonds.